The number of thiophene rings is 1. The second kappa shape index (κ2) is 8.47. The summed E-state index contributed by atoms with van der Waals surface area (Å²) < 4.78 is 1.81. The first-order valence-electron chi connectivity index (χ1n) is 9.52. The quantitative estimate of drug-likeness (QED) is 0.276. The van der Waals surface area contributed by atoms with Crippen molar-refractivity contribution in [1.82, 2.24) is 0 Å². The van der Waals surface area contributed by atoms with Gasteiger partial charge in [0, 0.05) is 22.7 Å². The molecule has 0 spiro atoms. The van der Waals surface area contributed by atoms with Crippen LogP contribution < -0.4 is 15.0 Å². The fourth-order valence-electron chi connectivity index (χ4n) is 3.17. The third-order valence-corrected chi connectivity index (χ3v) is 5.77. The standard InChI is InChI=1S/C24H26N2OS2/c1-16-13-17(2)15-19(14-16)25-23(28)21(22(27)20-7-6-12-29-20)26-10-8-18(9-11-26)24(3,4)5/h6-15H,1-5H3,(H-,25,27,28). The molecule has 5 heteroatoms. The predicted molar refractivity (Wildman–Crippen MR) is 125 cm³/mol. The van der Waals surface area contributed by atoms with Gasteiger partial charge < -0.3 is 10.4 Å². The third kappa shape index (κ3) is 5.11. The van der Waals surface area contributed by atoms with Crippen LogP contribution in [0.2, 0.25) is 0 Å². The van der Waals surface area contributed by atoms with Crippen LogP contribution in [0.3, 0.4) is 0 Å². The summed E-state index contributed by atoms with van der Waals surface area (Å²) in [6.07, 6.45) is 3.83. The number of thiocarbonyl (C=S) groups is 1. The lowest BCUT2D eigenvalue weighted by Gasteiger charge is -2.19. The topological polar surface area (TPSA) is 39.0 Å². The number of hydrogen-bond acceptors (Lipinski definition) is 3. The molecule has 0 fully saturated rings. The van der Waals surface area contributed by atoms with Gasteiger partial charge in [-0.25, -0.2) is 0 Å². The van der Waals surface area contributed by atoms with Gasteiger partial charge in [0.15, 0.2) is 17.4 Å². The van der Waals surface area contributed by atoms with E-state index in [2.05, 4.69) is 32.2 Å². The van der Waals surface area contributed by atoms with Gasteiger partial charge in [0.05, 0.1) is 0 Å². The first kappa shape index (κ1) is 21.2. The molecule has 29 heavy (non-hydrogen) atoms. The van der Waals surface area contributed by atoms with Crippen LogP contribution in [0, 0.1) is 13.8 Å². The van der Waals surface area contributed by atoms with E-state index in [-0.39, 0.29) is 11.2 Å². The Kier molecular flexibility index (Phi) is 6.20. The second-order valence-electron chi connectivity index (χ2n) is 8.23. The summed E-state index contributed by atoms with van der Waals surface area (Å²) in [5.74, 6) is -0.0876. The number of benzene rings is 1. The Hall–Kier alpha value is -2.50. The zero-order chi connectivity index (χ0) is 21.2. The number of hydrogen-bond donors (Lipinski definition) is 1. The molecule has 0 aliphatic heterocycles. The fraction of sp³-hybridized carbons (Fsp3) is 0.250. The third-order valence-electron chi connectivity index (χ3n) is 4.61. The molecule has 1 aromatic carbocycles. The number of aromatic nitrogens is 1. The molecule has 0 amide bonds. The molecular formula is C24H26N2OS2. The molecule has 2 heterocycles. The Balaban J connectivity index is 2.04. The molecule has 0 aliphatic rings. The summed E-state index contributed by atoms with van der Waals surface area (Å²) in [5.41, 5.74) is 4.85. The van der Waals surface area contributed by atoms with Gasteiger partial charge in [-0.1, -0.05) is 45.1 Å². The van der Waals surface area contributed by atoms with Gasteiger partial charge in [0.1, 0.15) is 0 Å². The zero-order valence-electron chi connectivity index (χ0n) is 17.4. The lowest BCUT2D eigenvalue weighted by Crippen LogP contribution is -2.40. The van der Waals surface area contributed by atoms with Crippen molar-refractivity contribution < 1.29 is 9.67 Å². The van der Waals surface area contributed by atoms with E-state index in [9.17, 15) is 5.11 Å². The van der Waals surface area contributed by atoms with Crippen molar-refractivity contribution >= 4 is 45.7 Å². The fourth-order valence-corrected chi connectivity index (χ4v) is 4.16. The Morgan fingerprint density at radius 1 is 1.03 bits per heavy atom. The average molecular weight is 423 g/mol. The van der Waals surface area contributed by atoms with Crippen LogP contribution in [0.4, 0.5) is 5.69 Å². The van der Waals surface area contributed by atoms with Crippen molar-refractivity contribution in [2.75, 3.05) is 5.32 Å². The van der Waals surface area contributed by atoms with E-state index in [1.807, 2.05) is 72.6 Å². The van der Waals surface area contributed by atoms with Gasteiger partial charge in [-0.2, -0.15) is 4.57 Å². The van der Waals surface area contributed by atoms with Crippen LogP contribution in [0.5, 0.6) is 0 Å². The van der Waals surface area contributed by atoms with Crippen molar-refractivity contribution in [1.29, 1.82) is 0 Å². The van der Waals surface area contributed by atoms with Gasteiger partial charge >= 0.3 is 0 Å². The second-order valence-corrected chi connectivity index (χ2v) is 9.59. The molecule has 3 nitrogen and oxygen atoms in total. The van der Waals surface area contributed by atoms with Crippen LogP contribution in [0.15, 0.2) is 60.2 Å². The maximum absolute atomic E-state index is 13.3. The molecule has 2 aromatic heterocycles. The van der Waals surface area contributed by atoms with Crippen molar-refractivity contribution in [3.05, 3.63) is 81.8 Å². The molecule has 1 N–H and O–H groups in total. The normalized spacial score (nSPS) is 12.4. The first-order chi connectivity index (χ1) is 13.6. The smallest absolute Gasteiger partial charge is 0.239 e. The minimum Gasteiger partial charge on any atom is -0.867 e. The van der Waals surface area contributed by atoms with E-state index in [1.54, 1.807) is 0 Å². The highest BCUT2D eigenvalue weighted by atomic mass is 32.1. The minimum absolute atomic E-state index is 0.0366. The van der Waals surface area contributed by atoms with Crippen LogP contribution in [-0.4, -0.2) is 4.99 Å². The van der Waals surface area contributed by atoms with Gasteiger partial charge in [-0.3, -0.25) is 0 Å². The SMILES string of the molecule is Cc1cc(C)cc(NC(=S)C(=C([O-])c2cccs2)[n+]2ccc(C(C)(C)C)cc2)c1. The average Bonchev–Trinajstić information content (AvgIpc) is 3.15. The molecule has 3 aromatic rings. The minimum atomic E-state index is -0.0876. The van der Waals surface area contributed by atoms with Gasteiger partial charge in [-0.15, -0.1) is 11.3 Å². The van der Waals surface area contributed by atoms with E-state index in [4.69, 9.17) is 12.2 Å². The maximum atomic E-state index is 13.3. The lowest BCUT2D eigenvalue weighted by molar-refractivity contribution is -0.577. The lowest BCUT2D eigenvalue weighted by atomic mass is 9.88. The van der Waals surface area contributed by atoms with Crippen LogP contribution in [0.25, 0.3) is 11.5 Å². The molecule has 0 saturated carbocycles. The van der Waals surface area contributed by atoms with Crippen molar-refractivity contribution in [2.24, 2.45) is 0 Å². The van der Waals surface area contributed by atoms with Crippen molar-refractivity contribution in [3.63, 3.8) is 0 Å². The van der Waals surface area contributed by atoms with Crippen molar-refractivity contribution in [3.8, 4) is 0 Å². The highest BCUT2D eigenvalue weighted by Crippen LogP contribution is 2.23. The Morgan fingerprint density at radius 3 is 2.17 bits per heavy atom. The molecule has 150 valence electrons. The highest BCUT2D eigenvalue weighted by Gasteiger charge is 2.21. The Bertz CT molecular complexity index is 1020. The molecule has 0 aliphatic carbocycles. The van der Waals surface area contributed by atoms with Crippen LogP contribution >= 0.6 is 23.6 Å². The number of anilines is 1. The van der Waals surface area contributed by atoms with Gasteiger partial charge in [0.2, 0.25) is 5.70 Å². The van der Waals surface area contributed by atoms with E-state index >= 15 is 0 Å². The van der Waals surface area contributed by atoms with E-state index in [0.29, 0.717) is 15.6 Å². The maximum Gasteiger partial charge on any atom is 0.239 e. The first-order valence-corrected chi connectivity index (χ1v) is 10.8. The molecule has 0 atom stereocenters. The number of pyridine rings is 1. The van der Waals surface area contributed by atoms with Gasteiger partial charge in [0.25, 0.3) is 0 Å². The zero-order valence-corrected chi connectivity index (χ0v) is 19.1. The van der Waals surface area contributed by atoms with Crippen LogP contribution in [-0.2, 0) is 5.41 Å². The number of rotatable bonds is 4. The number of aryl methyl sites for hydroxylation is 2. The summed E-state index contributed by atoms with van der Waals surface area (Å²) in [6, 6.07) is 14.0. The molecule has 0 bridgehead atoms. The summed E-state index contributed by atoms with van der Waals surface area (Å²) in [7, 11) is 0. The van der Waals surface area contributed by atoms with Crippen molar-refractivity contribution in [2.45, 2.75) is 40.0 Å². The van der Waals surface area contributed by atoms with Crippen LogP contribution in [0.1, 0.15) is 42.3 Å². The summed E-state index contributed by atoms with van der Waals surface area (Å²) >= 11 is 7.12. The van der Waals surface area contributed by atoms with E-state index in [0.717, 1.165) is 16.8 Å². The van der Waals surface area contributed by atoms with Gasteiger partial charge in [-0.05, 0) is 65.3 Å². The molecule has 0 unspecified atom stereocenters. The van der Waals surface area contributed by atoms with E-state index in [1.165, 1.54) is 16.9 Å². The monoisotopic (exact) mass is 422 g/mol. The summed E-state index contributed by atoms with van der Waals surface area (Å²) in [5, 5.41) is 18.4. The molecule has 0 saturated heterocycles. The van der Waals surface area contributed by atoms with E-state index < -0.39 is 0 Å². The molecule has 0 radical (unpaired) electrons. The predicted octanol–water partition coefficient (Wildman–Crippen LogP) is 5.08. The molecule has 3 rings (SSSR count). The Labute approximate surface area is 182 Å². The number of nitrogens with one attached hydrogen (secondary N) is 1. The highest BCUT2D eigenvalue weighted by molar-refractivity contribution is 7.81. The largest absolute Gasteiger partial charge is 0.867 e. The molecular weight excluding hydrogens is 396 g/mol. The number of nitrogens with zero attached hydrogens (tertiary/aromatic N) is 1. The summed E-state index contributed by atoms with van der Waals surface area (Å²) in [6.45, 7) is 10.6. The Morgan fingerprint density at radius 2 is 1.66 bits per heavy atom. The summed E-state index contributed by atoms with van der Waals surface area (Å²) in [4.78, 5) is 1.07.